The van der Waals surface area contributed by atoms with E-state index in [2.05, 4.69) is 66.8 Å². The molecule has 6 heteroatoms. The van der Waals surface area contributed by atoms with Crippen molar-refractivity contribution in [2.75, 3.05) is 24.5 Å². The van der Waals surface area contributed by atoms with E-state index in [0.717, 1.165) is 47.5 Å². The molecule has 2 aromatic heterocycles. The Balaban J connectivity index is 1.51. The summed E-state index contributed by atoms with van der Waals surface area (Å²) >= 11 is 1.51. The van der Waals surface area contributed by atoms with Gasteiger partial charge < -0.3 is 14.4 Å². The number of thiazole rings is 1. The molecular weight excluding hydrogens is 380 g/mol. The smallest absolute Gasteiger partial charge is 0.266 e. The summed E-state index contributed by atoms with van der Waals surface area (Å²) in [6.45, 7) is 11.6. The number of aryl methyl sites for hydroxylation is 3. The third-order valence-corrected chi connectivity index (χ3v) is 6.80. The van der Waals surface area contributed by atoms with Crippen LogP contribution in [0.5, 0.6) is 0 Å². The number of rotatable bonds is 4. The number of nitrogens with zero attached hydrogens (tertiary/aromatic N) is 4. The van der Waals surface area contributed by atoms with E-state index < -0.39 is 0 Å². The number of amides is 1. The van der Waals surface area contributed by atoms with Gasteiger partial charge in [-0.25, -0.2) is 4.98 Å². The van der Waals surface area contributed by atoms with Gasteiger partial charge in [-0.1, -0.05) is 12.1 Å². The first-order chi connectivity index (χ1) is 14.0. The molecule has 0 saturated carbocycles. The summed E-state index contributed by atoms with van der Waals surface area (Å²) in [4.78, 5) is 23.1. The van der Waals surface area contributed by atoms with Crippen molar-refractivity contribution < 1.29 is 4.79 Å². The summed E-state index contributed by atoms with van der Waals surface area (Å²) in [6, 6.07) is 13.0. The molecule has 5 nitrogen and oxygen atoms in total. The second-order valence-corrected chi connectivity index (χ2v) is 8.74. The minimum absolute atomic E-state index is 0.108. The number of hydrogen-bond donors (Lipinski definition) is 0. The van der Waals surface area contributed by atoms with E-state index in [9.17, 15) is 4.79 Å². The van der Waals surface area contributed by atoms with Crippen molar-refractivity contribution in [3.05, 3.63) is 58.7 Å². The average Bonchev–Trinajstić information content (AvgIpc) is 3.33. The summed E-state index contributed by atoms with van der Waals surface area (Å²) in [6.07, 6.45) is 2.06. The van der Waals surface area contributed by atoms with Crippen molar-refractivity contribution in [3.63, 3.8) is 0 Å². The Kier molecular flexibility index (Phi) is 5.46. The molecule has 0 radical (unpaired) electrons. The van der Waals surface area contributed by atoms with Crippen LogP contribution in [0.2, 0.25) is 0 Å². The zero-order valence-electron chi connectivity index (χ0n) is 17.6. The highest BCUT2D eigenvalue weighted by atomic mass is 32.1. The highest BCUT2D eigenvalue weighted by molar-refractivity contribution is 7.17. The number of aromatic nitrogens is 2. The van der Waals surface area contributed by atoms with Gasteiger partial charge in [-0.05, 0) is 57.5 Å². The van der Waals surface area contributed by atoms with Crippen LogP contribution in [0.3, 0.4) is 0 Å². The topological polar surface area (TPSA) is 41.4 Å². The lowest BCUT2D eigenvalue weighted by Crippen LogP contribution is -2.53. The second kappa shape index (κ2) is 8.03. The molecular formula is C23H28N4OS. The lowest BCUT2D eigenvalue weighted by molar-refractivity contribution is 0.0730. The second-order valence-electron chi connectivity index (χ2n) is 7.75. The number of piperazine rings is 1. The van der Waals surface area contributed by atoms with Crippen molar-refractivity contribution in [3.8, 4) is 10.7 Å². The van der Waals surface area contributed by atoms with Crippen LogP contribution in [0.4, 0.5) is 5.69 Å². The van der Waals surface area contributed by atoms with Crippen LogP contribution >= 0.6 is 11.3 Å². The summed E-state index contributed by atoms with van der Waals surface area (Å²) in [5.74, 6) is 0.108. The van der Waals surface area contributed by atoms with E-state index >= 15 is 0 Å². The lowest BCUT2D eigenvalue weighted by atomic mass is 10.1. The van der Waals surface area contributed by atoms with Gasteiger partial charge in [0.25, 0.3) is 5.91 Å². The maximum Gasteiger partial charge on any atom is 0.266 e. The molecule has 1 aliphatic heterocycles. The molecule has 1 aliphatic rings. The molecule has 4 rings (SSSR count). The van der Waals surface area contributed by atoms with Gasteiger partial charge in [0.2, 0.25) is 0 Å². The standard InChI is InChI=1S/C23H28N4OS/c1-5-25-11-7-10-20(25)22-24-18(4)21(29-22)23(28)26-12-13-27(17(3)15-26)19-9-6-8-16(2)14-19/h6-11,14,17H,5,12-13,15H2,1-4H3. The highest BCUT2D eigenvalue weighted by Gasteiger charge is 2.29. The lowest BCUT2D eigenvalue weighted by Gasteiger charge is -2.41. The van der Waals surface area contributed by atoms with Gasteiger partial charge in [0.1, 0.15) is 9.88 Å². The van der Waals surface area contributed by atoms with Crippen LogP contribution in [-0.2, 0) is 6.54 Å². The zero-order valence-corrected chi connectivity index (χ0v) is 18.4. The van der Waals surface area contributed by atoms with Crippen molar-refractivity contribution in [2.24, 2.45) is 0 Å². The summed E-state index contributed by atoms with van der Waals surface area (Å²) in [5.41, 5.74) is 4.41. The molecule has 0 bridgehead atoms. The molecule has 1 atom stereocenters. The molecule has 1 amide bonds. The Morgan fingerprint density at radius 2 is 2.03 bits per heavy atom. The Labute approximate surface area is 176 Å². The van der Waals surface area contributed by atoms with Crippen LogP contribution in [-0.4, -0.2) is 46.0 Å². The molecule has 1 fully saturated rings. The van der Waals surface area contributed by atoms with Gasteiger partial charge >= 0.3 is 0 Å². The van der Waals surface area contributed by atoms with Gasteiger partial charge in [-0.3, -0.25) is 4.79 Å². The fourth-order valence-corrected chi connectivity index (χ4v) is 5.14. The average molecular weight is 409 g/mol. The van der Waals surface area contributed by atoms with Crippen LogP contribution in [0.1, 0.15) is 34.8 Å². The molecule has 1 unspecified atom stereocenters. The summed E-state index contributed by atoms with van der Waals surface area (Å²) < 4.78 is 2.16. The van der Waals surface area contributed by atoms with Crippen molar-refractivity contribution in [2.45, 2.75) is 40.3 Å². The van der Waals surface area contributed by atoms with Crippen LogP contribution < -0.4 is 4.90 Å². The summed E-state index contributed by atoms with van der Waals surface area (Å²) in [7, 11) is 0. The molecule has 3 heterocycles. The fraction of sp³-hybridized carbons (Fsp3) is 0.391. The van der Waals surface area contributed by atoms with Gasteiger partial charge in [-0.15, -0.1) is 11.3 Å². The van der Waals surface area contributed by atoms with Gasteiger partial charge in [-0.2, -0.15) is 0 Å². The van der Waals surface area contributed by atoms with Crippen LogP contribution in [0.25, 0.3) is 10.7 Å². The van der Waals surface area contributed by atoms with E-state index in [4.69, 9.17) is 4.98 Å². The Morgan fingerprint density at radius 1 is 1.21 bits per heavy atom. The zero-order chi connectivity index (χ0) is 20.5. The molecule has 1 aromatic carbocycles. The Bertz CT molecular complexity index is 1020. The molecule has 152 valence electrons. The SMILES string of the molecule is CCn1cccc1-c1nc(C)c(C(=O)N2CCN(c3cccc(C)c3)C(C)C2)s1. The predicted molar refractivity (Wildman–Crippen MR) is 120 cm³/mol. The molecule has 0 N–H and O–H groups in total. The van der Waals surface area contributed by atoms with Crippen LogP contribution in [0.15, 0.2) is 42.6 Å². The number of anilines is 1. The molecule has 0 spiro atoms. The van der Waals surface area contributed by atoms with E-state index in [0.29, 0.717) is 0 Å². The third kappa shape index (κ3) is 3.81. The predicted octanol–water partition coefficient (Wildman–Crippen LogP) is 4.60. The van der Waals surface area contributed by atoms with Crippen molar-refractivity contribution in [1.82, 2.24) is 14.5 Å². The van der Waals surface area contributed by atoms with Gasteiger partial charge in [0, 0.05) is 44.1 Å². The molecule has 1 saturated heterocycles. The number of benzene rings is 1. The fourth-order valence-electron chi connectivity index (χ4n) is 4.06. The largest absolute Gasteiger partial charge is 0.365 e. The van der Waals surface area contributed by atoms with E-state index in [1.165, 1.54) is 22.6 Å². The monoisotopic (exact) mass is 408 g/mol. The van der Waals surface area contributed by atoms with E-state index in [1.54, 1.807) is 0 Å². The van der Waals surface area contributed by atoms with E-state index in [1.807, 2.05) is 17.9 Å². The molecule has 0 aliphatic carbocycles. The first kappa shape index (κ1) is 19.7. The summed E-state index contributed by atoms with van der Waals surface area (Å²) in [5, 5.41) is 0.921. The highest BCUT2D eigenvalue weighted by Crippen LogP contribution is 2.30. The number of carbonyl (C=O) groups is 1. The maximum atomic E-state index is 13.3. The van der Waals surface area contributed by atoms with Gasteiger partial charge in [0.15, 0.2) is 0 Å². The molecule has 29 heavy (non-hydrogen) atoms. The van der Waals surface area contributed by atoms with E-state index in [-0.39, 0.29) is 11.9 Å². The first-order valence-corrected chi connectivity index (χ1v) is 11.0. The third-order valence-electron chi connectivity index (χ3n) is 5.63. The minimum atomic E-state index is 0.108. The first-order valence-electron chi connectivity index (χ1n) is 10.2. The van der Waals surface area contributed by atoms with Gasteiger partial charge in [0.05, 0.1) is 11.4 Å². The van der Waals surface area contributed by atoms with Crippen molar-refractivity contribution >= 4 is 22.9 Å². The minimum Gasteiger partial charge on any atom is -0.365 e. The Morgan fingerprint density at radius 3 is 2.76 bits per heavy atom. The quantitative estimate of drug-likeness (QED) is 0.634. The Hall–Kier alpha value is -2.60. The maximum absolute atomic E-state index is 13.3. The normalized spacial score (nSPS) is 17.0. The van der Waals surface area contributed by atoms with Crippen LogP contribution in [0, 0.1) is 13.8 Å². The number of carbonyl (C=O) groups excluding carboxylic acids is 1. The van der Waals surface area contributed by atoms with Crippen molar-refractivity contribution in [1.29, 1.82) is 0 Å². The number of hydrogen-bond acceptors (Lipinski definition) is 4. The molecule has 3 aromatic rings.